The number of anilines is 2. The molecular formula is C14H15F3N4O2S. The predicted octanol–water partition coefficient (Wildman–Crippen LogP) is 4.38. The normalized spacial score (nSPS) is 12.5. The number of nitrogens with zero attached hydrogens (tertiary/aromatic N) is 2. The summed E-state index contributed by atoms with van der Waals surface area (Å²) >= 11 is 0.251. The number of hydrogen-bond donors (Lipinski definition) is 2. The highest BCUT2D eigenvalue weighted by molar-refractivity contribution is 7.15. The standard InChI is InChI=1S/C14H15F3N4O2S/c1-3-8(2)23-10-6-4-9(5-7-10)18-12(22)19-13-21-20-11(24-13)14(15,16)17/h4-8H,3H2,1-2H3,(H2,18,19,21,22)/t8-/m1/s1. The zero-order valence-corrected chi connectivity index (χ0v) is 13.7. The molecule has 2 N–H and O–H groups in total. The first-order valence-electron chi connectivity index (χ1n) is 7.03. The fourth-order valence-electron chi connectivity index (χ4n) is 1.58. The van der Waals surface area contributed by atoms with E-state index in [0.29, 0.717) is 11.4 Å². The van der Waals surface area contributed by atoms with Gasteiger partial charge in [0, 0.05) is 5.69 Å². The van der Waals surface area contributed by atoms with E-state index in [0.717, 1.165) is 6.42 Å². The van der Waals surface area contributed by atoms with E-state index in [9.17, 15) is 18.0 Å². The lowest BCUT2D eigenvalue weighted by molar-refractivity contribution is -0.138. The number of hydrogen-bond acceptors (Lipinski definition) is 5. The lowest BCUT2D eigenvalue weighted by Gasteiger charge is -2.13. The molecule has 0 spiro atoms. The molecule has 0 aliphatic carbocycles. The minimum absolute atomic E-state index is 0.0762. The van der Waals surface area contributed by atoms with Gasteiger partial charge in [-0.25, -0.2) is 4.79 Å². The Kier molecular flexibility index (Phi) is 5.60. The Bertz CT molecular complexity index is 688. The van der Waals surface area contributed by atoms with E-state index >= 15 is 0 Å². The van der Waals surface area contributed by atoms with Crippen molar-refractivity contribution in [2.75, 3.05) is 10.6 Å². The summed E-state index contributed by atoms with van der Waals surface area (Å²) < 4.78 is 42.8. The quantitative estimate of drug-likeness (QED) is 0.830. The van der Waals surface area contributed by atoms with Crippen molar-refractivity contribution < 1.29 is 22.7 Å². The molecule has 6 nitrogen and oxygen atoms in total. The maximum absolute atomic E-state index is 12.4. The molecular weight excluding hydrogens is 345 g/mol. The molecule has 0 saturated heterocycles. The molecule has 0 bridgehead atoms. The van der Waals surface area contributed by atoms with Crippen LogP contribution >= 0.6 is 11.3 Å². The zero-order valence-electron chi connectivity index (χ0n) is 12.8. The Balaban J connectivity index is 1.91. The minimum atomic E-state index is -4.58. The number of urea groups is 1. The maximum Gasteiger partial charge on any atom is 0.445 e. The highest BCUT2D eigenvalue weighted by Crippen LogP contribution is 2.33. The van der Waals surface area contributed by atoms with Crippen LogP contribution in [0.15, 0.2) is 24.3 Å². The lowest BCUT2D eigenvalue weighted by Crippen LogP contribution is -2.19. The molecule has 130 valence electrons. The van der Waals surface area contributed by atoms with Crippen molar-refractivity contribution in [3.05, 3.63) is 29.3 Å². The predicted molar refractivity (Wildman–Crippen MR) is 84.4 cm³/mol. The third-order valence-corrected chi connectivity index (χ3v) is 3.80. The van der Waals surface area contributed by atoms with Crippen molar-refractivity contribution in [2.24, 2.45) is 0 Å². The number of rotatable bonds is 5. The number of nitrogens with one attached hydrogen (secondary N) is 2. The maximum atomic E-state index is 12.4. The van der Waals surface area contributed by atoms with Gasteiger partial charge in [-0.15, -0.1) is 10.2 Å². The summed E-state index contributed by atoms with van der Waals surface area (Å²) in [7, 11) is 0. The first kappa shape index (κ1) is 18.0. The average Bonchev–Trinajstić information content (AvgIpc) is 2.97. The summed E-state index contributed by atoms with van der Waals surface area (Å²) in [6.45, 7) is 3.94. The van der Waals surface area contributed by atoms with Gasteiger partial charge in [0.05, 0.1) is 6.10 Å². The highest BCUT2D eigenvalue weighted by atomic mass is 32.1. The van der Waals surface area contributed by atoms with E-state index in [1.807, 2.05) is 13.8 Å². The molecule has 24 heavy (non-hydrogen) atoms. The van der Waals surface area contributed by atoms with Gasteiger partial charge in [-0.2, -0.15) is 13.2 Å². The van der Waals surface area contributed by atoms with Crippen LogP contribution in [0.5, 0.6) is 5.75 Å². The molecule has 1 aromatic heterocycles. The molecule has 1 heterocycles. The van der Waals surface area contributed by atoms with Crippen molar-refractivity contribution in [1.82, 2.24) is 10.2 Å². The van der Waals surface area contributed by atoms with Crippen LogP contribution in [0.4, 0.5) is 28.8 Å². The molecule has 0 radical (unpaired) electrons. The van der Waals surface area contributed by atoms with Crippen molar-refractivity contribution in [1.29, 1.82) is 0 Å². The Labute approximate surface area is 140 Å². The summed E-state index contributed by atoms with van der Waals surface area (Å²) in [5.41, 5.74) is 0.463. The number of alkyl halides is 3. The average molecular weight is 360 g/mol. The molecule has 0 aliphatic rings. The van der Waals surface area contributed by atoms with Crippen LogP contribution in [-0.2, 0) is 6.18 Å². The second kappa shape index (κ2) is 7.47. The third-order valence-electron chi connectivity index (χ3n) is 2.91. The first-order valence-corrected chi connectivity index (χ1v) is 7.85. The fourth-order valence-corrected chi connectivity index (χ4v) is 2.19. The molecule has 0 saturated carbocycles. The lowest BCUT2D eigenvalue weighted by atomic mass is 10.3. The number of carbonyl (C=O) groups excluding carboxylic acids is 1. The number of halogens is 3. The second-order valence-electron chi connectivity index (χ2n) is 4.85. The van der Waals surface area contributed by atoms with Crippen molar-refractivity contribution in [3.8, 4) is 5.75 Å². The van der Waals surface area contributed by atoms with Crippen LogP contribution in [0, 0.1) is 0 Å². The molecule has 2 amide bonds. The number of aromatic nitrogens is 2. The Morgan fingerprint density at radius 3 is 2.46 bits per heavy atom. The van der Waals surface area contributed by atoms with Gasteiger partial charge in [0.1, 0.15) is 5.75 Å². The monoisotopic (exact) mass is 360 g/mol. The number of amides is 2. The largest absolute Gasteiger partial charge is 0.491 e. The van der Waals surface area contributed by atoms with E-state index in [2.05, 4.69) is 20.8 Å². The van der Waals surface area contributed by atoms with Crippen molar-refractivity contribution >= 4 is 28.2 Å². The summed E-state index contributed by atoms with van der Waals surface area (Å²) in [6.07, 6.45) is -3.64. The fraction of sp³-hybridized carbons (Fsp3) is 0.357. The highest BCUT2D eigenvalue weighted by Gasteiger charge is 2.35. The summed E-state index contributed by atoms with van der Waals surface area (Å²) in [5.74, 6) is 0.661. The van der Waals surface area contributed by atoms with E-state index in [4.69, 9.17) is 4.74 Å². The van der Waals surface area contributed by atoms with Gasteiger partial charge in [0.25, 0.3) is 0 Å². The zero-order chi connectivity index (χ0) is 17.7. The number of benzene rings is 1. The van der Waals surface area contributed by atoms with E-state index < -0.39 is 17.2 Å². The van der Waals surface area contributed by atoms with E-state index in [1.165, 1.54) is 0 Å². The molecule has 0 aliphatic heterocycles. The Hall–Kier alpha value is -2.36. The van der Waals surface area contributed by atoms with Crippen LogP contribution < -0.4 is 15.4 Å². The SMILES string of the molecule is CC[C@@H](C)Oc1ccc(NC(=O)Nc2nnc(C(F)(F)F)s2)cc1. The smallest absolute Gasteiger partial charge is 0.445 e. The van der Waals surface area contributed by atoms with Gasteiger partial charge in [0.2, 0.25) is 10.1 Å². The van der Waals surface area contributed by atoms with Crippen LogP contribution in [0.25, 0.3) is 0 Å². The summed E-state index contributed by atoms with van der Waals surface area (Å²) in [5, 5.41) is 9.58. The van der Waals surface area contributed by atoms with Crippen LogP contribution in [0.2, 0.25) is 0 Å². The van der Waals surface area contributed by atoms with E-state index in [1.54, 1.807) is 24.3 Å². The summed E-state index contributed by atoms with van der Waals surface area (Å²) in [6, 6.07) is 5.91. The van der Waals surface area contributed by atoms with Crippen LogP contribution in [0.3, 0.4) is 0 Å². The molecule has 0 fully saturated rings. The molecule has 1 aromatic carbocycles. The summed E-state index contributed by atoms with van der Waals surface area (Å²) in [4.78, 5) is 11.8. The minimum Gasteiger partial charge on any atom is -0.491 e. The second-order valence-corrected chi connectivity index (χ2v) is 5.83. The molecule has 1 atom stereocenters. The van der Waals surface area contributed by atoms with Crippen molar-refractivity contribution in [3.63, 3.8) is 0 Å². The topological polar surface area (TPSA) is 76.1 Å². The number of carbonyl (C=O) groups is 1. The van der Waals surface area contributed by atoms with Gasteiger partial charge >= 0.3 is 12.2 Å². The van der Waals surface area contributed by atoms with Gasteiger partial charge in [-0.3, -0.25) is 5.32 Å². The Morgan fingerprint density at radius 1 is 1.25 bits per heavy atom. The molecule has 2 rings (SSSR count). The van der Waals surface area contributed by atoms with Crippen LogP contribution in [0.1, 0.15) is 25.3 Å². The van der Waals surface area contributed by atoms with Crippen molar-refractivity contribution in [2.45, 2.75) is 32.5 Å². The Morgan fingerprint density at radius 2 is 1.92 bits per heavy atom. The molecule has 2 aromatic rings. The van der Waals surface area contributed by atoms with Gasteiger partial charge in [0.15, 0.2) is 0 Å². The van der Waals surface area contributed by atoms with Gasteiger partial charge in [-0.05, 0) is 37.6 Å². The molecule has 10 heteroatoms. The van der Waals surface area contributed by atoms with Gasteiger partial charge in [-0.1, -0.05) is 18.3 Å². The first-order chi connectivity index (χ1) is 11.3. The van der Waals surface area contributed by atoms with Crippen LogP contribution in [-0.4, -0.2) is 22.3 Å². The number of ether oxygens (including phenoxy) is 1. The third kappa shape index (κ3) is 5.08. The molecule has 0 unspecified atom stereocenters. The van der Waals surface area contributed by atoms with E-state index in [-0.39, 0.29) is 22.6 Å². The van der Waals surface area contributed by atoms with Gasteiger partial charge < -0.3 is 10.1 Å².